The van der Waals surface area contributed by atoms with Crippen LogP contribution in [0.5, 0.6) is 17.2 Å². The molecule has 0 saturated carbocycles. The van der Waals surface area contributed by atoms with E-state index in [1.54, 1.807) is 19.4 Å². The van der Waals surface area contributed by atoms with E-state index in [4.69, 9.17) is 14.2 Å². The van der Waals surface area contributed by atoms with Gasteiger partial charge in [0, 0.05) is 22.4 Å². The summed E-state index contributed by atoms with van der Waals surface area (Å²) < 4.78 is 17.9. The summed E-state index contributed by atoms with van der Waals surface area (Å²) in [5, 5.41) is 3.30. The molecule has 0 saturated heterocycles. The molecular formula is C28H27NO4S. The fraction of sp³-hybridized carbons (Fsp3) is 0.250. The number of anilines is 1. The Morgan fingerprint density at radius 2 is 1.88 bits per heavy atom. The number of carbonyl (C=O) groups is 1. The fourth-order valence-electron chi connectivity index (χ4n) is 4.98. The van der Waals surface area contributed by atoms with Crippen LogP contribution in [0.1, 0.15) is 43.6 Å². The van der Waals surface area contributed by atoms with Gasteiger partial charge in [0.1, 0.15) is 17.2 Å². The third-order valence-electron chi connectivity index (χ3n) is 6.19. The Morgan fingerprint density at radius 3 is 2.65 bits per heavy atom. The fourth-order valence-corrected chi connectivity index (χ4v) is 5.16. The quantitative estimate of drug-likeness (QED) is 0.402. The Morgan fingerprint density at radius 1 is 1.09 bits per heavy atom. The Labute approximate surface area is 204 Å². The van der Waals surface area contributed by atoms with E-state index in [2.05, 4.69) is 44.3 Å². The van der Waals surface area contributed by atoms with E-state index in [0.29, 0.717) is 5.75 Å². The molecule has 1 unspecified atom stereocenters. The predicted molar refractivity (Wildman–Crippen MR) is 138 cm³/mol. The van der Waals surface area contributed by atoms with Gasteiger partial charge in [-0.2, -0.15) is 0 Å². The van der Waals surface area contributed by atoms with E-state index >= 15 is 0 Å². The highest BCUT2D eigenvalue weighted by Crippen LogP contribution is 2.53. The molecule has 2 heterocycles. The van der Waals surface area contributed by atoms with Gasteiger partial charge in [-0.25, -0.2) is 4.79 Å². The smallest absolute Gasteiger partial charge is 0.372 e. The maximum absolute atomic E-state index is 11.9. The van der Waals surface area contributed by atoms with Gasteiger partial charge >= 0.3 is 5.30 Å². The van der Waals surface area contributed by atoms with Crippen molar-refractivity contribution in [3.63, 3.8) is 0 Å². The van der Waals surface area contributed by atoms with Gasteiger partial charge in [0.15, 0.2) is 6.10 Å². The molecule has 0 spiro atoms. The van der Waals surface area contributed by atoms with Crippen molar-refractivity contribution in [3.05, 3.63) is 77.4 Å². The summed E-state index contributed by atoms with van der Waals surface area (Å²) >= 11 is 1.04. The van der Waals surface area contributed by atoms with Crippen molar-refractivity contribution >= 4 is 28.3 Å². The van der Waals surface area contributed by atoms with Gasteiger partial charge in [0.2, 0.25) is 0 Å². The van der Waals surface area contributed by atoms with Crippen molar-refractivity contribution in [3.8, 4) is 28.4 Å². The van der Waals surface area contributed by atoms with Crippen molar-refractivity contribution in [1.29, 1.82) is 0 Å². The lowest BCUT2D eigenvalue weighted by Gasteiger charge is -2.37. The van der Waals surface area contributed by atoms with Crippen LogP contribution in [0.25, 0.3) is 16.7 Å². The SMILES string of the molecule is COc1cccc2c1-c1ccc3c(c1C(c1cccc(OC(=O)SC)c1)O2)C(C)=CC(C)(C)N3. The minimum absolute atomic E-state index is 0.155. The number of benzene rings is 3. The second-order valence-electron chi connectivity index (χ2n) is 9.08. The maximum atomic E-state index is 11.9. The summed E-state index contributed by atoms with van der Waals surface area (Å²) in [7, 11) is 1.68. The number of hydrogen-bond donors (Lipinski definition) is 1. The van der Waals surface area contributed by atoms with Crippen LogP contribution >= 0.6 is 11.8 Å². The molecule has 34 heavy (non-hydrogen) atoms. The van der Waals surface area contributed by atoms with Crippen molar-refractivity contribution in [2.45, 2.75) is 32.4 Å². The van der Waals surface area contributed by atoms with Gasteiger partial charge in [-0.15, -0.1) is 0 Å². The molecule has 0 fully saturated rings. The molecule has 2 aliphatic heterocycles. The molecule has 3 aromatic carbocycles. The van der Waals surface area contributed by atoms with Crippen LogP contribution in [0, 0.1) is 0 Å². The Balaban J connectivity index is 1.74. The molecule has 5 rings (SSSR count). The number of carbonyl (C=O) groups excluding carboxylic acids is 1. The molecule has 0 aliphatic carbocycles. The van der Waals surface area contributed by atoms with Gasteiger partial charge in [-0.1, -0.05) is 30.3 Å². The molecule has 3 aromatic rings. The van der Waals surface area contributed by atoms with Crippen LogP contribution in [0.2, 0.25) is 0 Å². The van der Waals surface area contributed by atoms with Gasteiger partial charge in [0.25, 0.3) is 0 Å². The molecule has 2 aliphatic rings. The first-order valence-electron chi connectivity index (χ1n) is 11.2. The molecule has 1 atom stereocenters. The van der Waals surface area contributed by atoms with E-state index < -0.39 is 0 Å². The third kappa shape index (κ3) is 3.82. The number of hydrogen-bond acceptors (Lipinski definition) is 6. The Bertz CT molecular complexity index is 1330. The summed E-state index contributed by atoms with van der Waals surface area (Å²) in [5.41, 5.74) is 7.23. The van der Waals surface area contributed by atoms with Crippen LogP contribution in [0.15, 0.2) is 60.7 Å². The third-order valence-corrected chi connectivity index (χ3v) is 6.60. The molecule has 6 heteroatoms. The van der Waals surface area contributed by atoms with Crippen LogP contribution in [-0.2, 0) is 0 Å². The molecule has 1 N–H and O–H groups in total. The molecule has 0 aromatic heterocycles. The number of thioether (sulfide) groups is 1. The van der Waals surface area contributed by atoms with E-state index in [-0.39, 0.29) is 16.9 Å². The topological polar surface area (TPSA) is 56.8 Å². The number of rotatable bonds is 3. The number of ether oxygens (including phenoxy) is 3. The summed E-state index contributed by atoms with van der Waals surface area (Å²) in [4.78, 5) is 11.9. The number of fused-ring (bicyclic) bond motifs is 5. The second kappa shape index (κ2) is 8.44. The van der Waals surface area contributed by atoms with Crippen molar-refractivity contribution < 1.29 is 19.0 Å². The zero-order valence-electron chi connectivity index (χ0n) is 19.9. The van der Waals surface area contributed by atoms with E-state index in [1.165, 1.54) is 5.57 Å². The first-order chi connectivity index (χ1) is 16.3. The molecule has 0 radical (unpaired) electrons. The number of methoxy groups -OCH3 is 1. The largest absolute Gasteiger partial charge is 0.496 e. The van der Waals surface area contributed by atoms with E-state index in [1.807, 2.05) is 36.4 Å². The first kappa shape index (κ1) is 22.4. The highest BCUT2D eigenvalue weighted by molar-refractivity contribution is 8.12. The minimum atomic E-state index is -0.385. The van der Waals surface area contributed by atoms with Crippen LogP contribution in [-0.4, -0.2) is 24.2 Å². The summed E-state index contributed by atoms with van der Waals surface area (Å²) in [5.74, 6) is 2.02. The van der Waals surface area contributed by atoms with E-state index in [9.17, 15) is 4.79 Å². The Hall–Kier alpha value is -3.38. The first-order valence-corrected chi connectivity index (χ1v) is 12.4. The molecule has 5 nitrogen and oxygen atoms in total. The lowest BCUT2D eigenvalue weighted by atomic mass is 9.80. The zero-order chi connectivity index (χ0) is 24.0. The summed E-state index contributed by atoms with van der Waals surface area (Å²) in [6.07, 6.45) is 3.57. The summed E-state index contributed by atoms with van der Waals surface area (Å²) in [6, 6.07) is 17.7. The Kier molecular flexibility index (Phi) is 5.56. The van der Waals surface area contributed by atoms with Gasteiger partial charge < -0.3 is 19.5 Å². The van der Waals surface area contributed by atoms with Gasteiger partial charge in [-0.3, -0.25) is 0 Å². The molecule has 0 bridgehead atoms. The normalized spacial score (nSPS) is 17.2. The molecule has 174 valence electrons. The highest BCUT2D eigenvalue weighted by Gasteiger charge is 2.35. The molecule has 0 amide bonds. The van der Waals surface area contributed by atoms with Crippen LogP contribution in [0.3, 0.4) is 0 Å². The van der Waals surface area contributed by atoms with E-state index in [0.717, 1.165) is 56.8 Å². The lowest BCUT2D eigenvalue weighted by molar-refractivity contribution is 0.226. The average molecular weight is 474 g/mol. The predicted octanol–water partition coefficient (Wildman–Crippen LogP) is 7.31. The van der Waals surface area contributed by atoms with Crippen LogP contribution in [0.4, 0.5) is 10.5 Å². The maximum Gasteiger partial charge on any atom is 0.372 e. The number of nitrogens with one attached hydrogen (secondary N) is 1. The zero-order valence-corrected chi connectivity index (χ0v) is 20.7. The van der Waals surface area contributed by atoms with Gasteiger partial charge in [0.05, 0.1) is 18.2 Å². The van der Waals surface area contributed by atoms with Crippen molar-refractivity contribution in [2.24, 2.45) is 0 Å². The molecular weight excluding hydrogens is 446 g/mol. The average Bonchev–Trinajstić information content (AvgIpc) is 2.81. The standard InChI is InChI=1S/C28H27NO4S/c1-16-15-28(2,3)29-20-13-12-19-24-21(31-4)10-7-11-22(24)33-26(25(19)23(16)20)17-8-6-9-18(14-17)32-27(30)34-5/h6-15,26,29H,1-5H3. The second-order valence-corrected chi connectivity index (χ2v) is 9.82. The van der Waals surface area contributed by atoms with Crippen molar-refractivity contribution in [1.82, 2.24) is 0 Å². The lowest BCUT2D eigenvalue weighted by Crippen LogP contribution is -2.32. The number of allylic oxidation sites excluding steroid dienone is 1. The van der Waals surface area contributed by atoms with Gasteiger partial charge in [-0.05, 0) is 80.3 Å². The van der Waals surface area contributed by atoms with Crippen molar-refractivity contribution in [2.75, 3.05) is 18.7 Å². The highest BCUT2D eigenvalue weighted by atomic mass is 32.2. The monoisotopic (exact) mass is 473 g/mol. The van der Waals surface area contributed by atoms with Crippen LogP contribution < -0.4 is 19.5 Å². The minimum Gasteiger partial charge on any atom is -0.496 e. The summed E-state index contributed by atoms with van der Waals surface area (Å²) in [6.45, 7) is 6.47.